The van der Waals surface area contributed by atoms with Gasteiger partial charge in [0.15, 0.2) is 0 Å². The average molecular weight is 600 g/mol. The Balaban J connectivity index is 2.61. The van der Waals surface area contributed by atoms with Crippen LogP contribution in [0.1, 0.15) is 68.2 Å². The molecule has 1 aliphatic rings. The molecule has 2 N–H and O–H groups in total. The third-order valence-electron chi connectivity index (χ3n) is 7.42. The van der Waals surface area contributed by atoms with Gasteiger partial charge in [-0.15, -0.1) is 0 Å². The zero-order valence-corrected chi connectivity index (χ0v) is 27.9. The second-order valence-corrected chi connectivity index (χ2v) is 12.8. The molecule has 0 bridgehead atoms. The number of rotatable bonds is 17. The van der Waals surface area contributed by atoms with Gasteiger partial charge < -0.3 is 15.2 Å². The Morgan fingerprint density at radius 3 is 2.43 bits per heavy atom. The molecule has 0 saturated heterocycles. The van der Waals surface area contributed by atoms with E-state index in [4.69, 9.17) is 4.74 Å². The van der Waals surface area contributed by atoms with Gasteiger partial charge in [0.1, 0.15) is 11.9 Å². The number of amides is 1. The van der Waals surface area contributed by atoms with Crippen LogP contribution in [-0.4, -0.2) is 53.5 Å². The topological polar surface area (TPSA) is 92.7 Å². The molecule has 0 spiro atoms. The second-order valence-electron chi connectivity index (χ2n) is 11.8. The van der Waals surface area contributed by atoms with E-state index in [1.165, 1.54) is 6.08 Å². The van der Waals surface area contributed by atoms with E-state index in [1.54, 1.807) is 24.8 Å². The molecule has 1 amide bonds. The number of nitrogens with one attached hydrogen (secondary N) is 1. The molecule has 1 heterocycles. The number of hydrogen-bond acceptors (Lipinski definition) is 6. The maximum atomic E-state index is 13.1. The van der Waals surface area contributed by atoms with Crippen LogP contribution in [0.2, 0.25) is 0 Å². The number of ketones is 1. The largest absolute Gasteiger partial charge is 0.454 e. The van der Waals surface area contributed by atoms with Crippen molar-refractivity contribution < 1.29 is 24.2 Å². The predicted octanol–water partition coefficient (Wildman–Crippen LogP) is 6.79. The number of allylic oxidation sites excluding steroid dienone is 8. The molecule has 0 aromatic carbocycles. The molecule has 1 rings (SSSR count). The van der Waals surface area contributed by atoms with Crippen LogP contribution >= 0.6 is 11.8 Å². The van der Waals surface area contributed by atoms with E-state index in [0.29, 0.717) is 18.9 Å². The first-order chi connectivity index (χ1) is 19.7. The lowest BCUT2D eigenvalue weighted by Gasteiger charge is -2.25. The standard InChI is InChI=1S/C35H53NO5S/c1-23(19-25(3)13-15-31-27(5)14-16-33(38)41-31)11-10-12-24(2)20-28(6)34(39)30(8)35(40)29(7)21-26(4)22-32(37)36-17-18-42-9/h10,12-16,19-20,22-23,27-31,35,40H,11,17-18,21H2,1-9H3,(H,36,37)/b12-10+,15-13+,24-20+,25-19-,26-22+/t23?,27-,28?,29+,30?,31-,35?/m0/s1. The van der Waals surface area contributed by atoms with Crippen LogP contribution in [0.3, 0.4) is 0 Å². The van der Waals surface area contributed by atoms with Crippen molar-refractivity contribution in [2.75, 3.05) is 18.6 Å². The van der Waals surface area contributed by atoms with E-state index in [2.05, 4.69) is 24.4 Å². The lowest BCUT2D eigenvalue weighted by Crippen LogP contribution is -2.34. The Bertz CT molecular complexity index is 1080. The molecule has 0 saturated carbocycles. The highest BCUT2D eigenvalue weighted by Crippen LogP contribution is 2.24. The number of Topliss-reactive ketones (excluding diaryl/α,β-unsaturated/α-hetero) is 1. The van der Waals surface area contributed by atoms with Gasteiger partial charge in [0.2, 0.25) is 5.91 Å². The minimum absolute atomic E-state index is 0.00529. The van der Waals surface area contributed by atoms with Gasteiger partial charge in [-0.1, -0.05) is 87.8 Å². The summed E-state index contributed by atoms with van der Waals surface area (Å²) >= 11 is 1.68. The van der Waals surface area contributed by atoms with Crippen molar-refractivity contribution in [3.63, 3.8) is 0 Å². The fraction of sp³-hybridized carbons (Fsp3) is 0.571. The number of carbonyl (C=O) groups is 3. The summed E-state index contributed by atoms with van der Waals surface area (Å²) in [7, 11) is 0. The molecule has 42 heavy (non-hydrogen) atoms. The summed E-state index contributed by atoms with van der Waals surface area (Å²) in [5.41, 5.74) is 3.00. The molecule has 4 unspecified atom stereocenters. The van der Waals surface area contributed by atoms with Crippen LogP contribution < -0.4 is 5.32 Å². The molecule has 0 aliphatic carbocycles. The van der Waals surface area contributed by atoms with Crippen molar-refractivity contribution in [2.45, 2.75) is 80.4 Å². The average Bonchev–Trinajstić information content (AvgIpc) is 2.92. The fourth-order valence-electron chi connectivity index (χ4n) is 4.97. The normalized spacial score (nSPS) is 22.1. The van der Waals surface area contributed by atoms with Crippen molar-refractivity contribution in [1.29, 1.82) is 0 Å². The van der Waals surface area contributed by atoms with E-state index in [1.807, 2.05) is 78.2 Å². The third-order valence-corrected chi connectivity index (χ3v) is 8.04. The first kappa shape index (κ1) is 37.4. The van der Waals surface area contributed by atoms with E-state index in [0.717, 1.165) is 28.9 Å². The SMILES string of the molecule is CSCCNC(=O)/C=C(\C)C[C@@H](C)C(O)C(C)C(=O)C(C)/C=C(C)/C=C/CC(C)/C=C(C)\C=C\[C@@H]1OC(=O)C=C[C@@H]1C. The van der Waals surface area contributed by atoms with Gasteiger partial charge in [0, 0.05) is 42.2 Å². The molecule has 0 radical (unpaired) electrons. The zero-order chi connectivity index (χ0) is 31.8. The van der Waals surface area contributed by atoms with Crippen molar-refractivity contribution in [2.24, 2.45) is 29.6 Å². The summed E-state index contributed by atoms with van der Waals surface area (Å²) in [5.74, 6) is -0.0554. The fourth-order valence-corrected chi connectivity index (χ4v) is 5.28. The summed E-state index contributed by atoms with van der Waals surface area (Å²) in [6.07, 6.45) is 19.5. The monoisotopic (exact) mass is 599 g/mol. The Labute approximate surface area is 258 Å². The van der Waals surface area contributed by atoms with Crippen LogP contribution in [0, 0.1) is 29.6 Å². The molecule has 7 heteroatoms. The highest BCUT2D eigenvalue weighted by molar-refractivity contribution is 7.98. The quantitative estimate of drug-likeness (QED) is 0.0828. The minimum atomic E-state index is -0.790. The number of aliphatic hydroxyl groups is 1. The van der Waals surface area contributed by atoms with Gasteiger partial charge in [0.25, 0.3) is 0 Å². The van der Waals surface area contributed by atoms with Gasteiger partial charge in [-0.2, -0.15) is 11.8 Å². The predicted molar refractivity (Wildman–Crippen MR) is 176 cm³/mol. The van der Waals surface area contributed by atoms with Crippen LogP contribution in [-0.2, 0) is 19.1 Å². The molecule has 1 aliphatic heterocycles. The number of thioether (sulfide) groups is 1. The van der Waals surface area contributed by atoms with E-state index < -0.39 is 12.0 Å². The third kappa shape index (κ3) is 14.5. The lowest BCUT2D eigenvalue weighted by molar-refractivity contribution is -0.143. The van der Waals surface area contributed by atoms with Gasteiger partial charge in [-0.05, 0) is 57.8 Å². The smallest absolute Gasteiger partial charge is 0.331 e. The Morgan fingerprint density at radius 2 is 1.76 bits per heavy atom. The maximum absolute atomic E-state index is 13.1. The first-order valence-corrected chi connectivity index (χ1v) is 16.4. The van der Waals surface area contributed by atoms with Crippen molar-refractivity contribution in [1.82, 2.24) is 5.32 Å². The Hall–Kier alpha value is -2.64. The van der Waals surface area contributed by atoms with Crippen LogP contribution in [0.4, 0.5) is 0 Å². The second kappa shape index (κ2) is 19.5. The van der Waals surface area contributed by atoms with Gasteiger partial charge in [0.05, 0.1) is 6.10 Å². The van der Waals surface area contributed by atoms with Crippen LogP contribution in [0.25, 0.3) is 0 Å². The number of carbonyl (C=O) groups excluding carboxylic acids is 3. The minimum Gasteiger partial charge on any atom is -0.454 e. The van der Waals surface area contributed by atoms with E-state index in [-0.39, 0.29) is 41.5 Å². The van der Waals surface area contributed by atoms with Gasteiger partial charge in [-0.3, -0.25) is 9.59 Å². The van der Waals surface area contributed by atoms with E-state index in [9.17, 15) is 19.5 Å². The van der Waals surface area contributed by atoms with Gasteiger partial charge >= 0.3 is 5.97 Å². The number of aliphatic hydroxyl groups excluding tert-OH is 1. The maximum Gasteiger partial charge on any atom is 0.331 e. The van der Waals surface area contributed by atoms with Crippen LogP contribution in [0.15, 0.2) is 71.4 Å². The van der Waals surface area contributed by atoms with Crippen LogP contribution in [0.5, 0.6) is 0 Å². The summed E-state index contributed by atoms with van der Waals surface area (Å²) in [6.45, 7) is 16.3. The molecule has 0 fully saturated rings. The molecule has 0 aromatic heterocycles. The molecule has 234 valence electrons. The number of esters is 1. The molecule has 6 nitrogen and oxygen atoms in total. The summed E-state index contributed by atoms with van der Waals surface area (Å²) in [4.78, 5) is 36.6. The summed E-state index contributed by atoms with van der Waals surface area (Å²) < 4.78 is 5.36. The molecule has 7 atom stereocenters. The van der Waals surface area contributed by atoms with Gasteiger partial charge in [-0.25, -0.2) is 4.79 Å². The molecule has 0 aromatic rings. The number of cyclic esters (lactones) is 1. The molecular formula is C35H53NO5S. The molecular weight excluding hydrogens is 546 g/mol. The highest BCUT2D eigenvalue weighted by Gasteiger charge is 2.29. The number of hydrogen-bond donors (Lipinski definition) is 2. The lowest BCUT2D eigenvalue weighted by atomic mass is 9.83. The first-order valence-electron chi connectivity index (χ1n) is 15.0. The summed E-state index contributed by atoms with van der Waals surface area (Å²) in [6, 6.07) is 0. The zero-order valence-electron chi connectivity index (χ0n) is 27.1. The Morgan fingerprint density at radius 1 is 1.10 bits per heavy atom. The van der Waals surface area contributed by atoms with Crippen molar-refractivity contribution in [3.05, 3.63) is 71.4 Å². The summed E-state index contributed by atoms with van der Waals surface area (Å²) in [5, 5.41) is 13.7. The Kier molecular flexibility index (Phi) is 17.4. The number of ether oxygens (including phenoxy) is 1. The highest BCUT2D eigenvalue weighted by atomic mass is 32.2. The van der Waals surface area contributed by atoms with Crippen molar-refractivity contribution in [3.8, 4) is 0 Å². The van der Waals surface area contributed by atoms with E-state index >= 15 is 0 Å². The van der Waals surface area contributed by atoms with Crippen molar-refractivity contribution >= 4 is 29.4 Å².